The van der Waals surface area contributed by atoms with Gasteiger partial charge in [-0.3, -0.25) is 14.5 Å². The van der Waals surface area contributed by atoms with Gasteiger partial charge in [-0.2, -0.15) is 0 Å². The highest BCUT2D eigenvalue weighted by Crippen LogP contribution is 2.30. The van der Waals surface area contributed by atoms with Gasteiger partial charge in [-0.05, 0) is 18.1 Å². The molecule has 1 heterocycles. The molecule has 1 aliphatic heterocycles. The number of benzene rings is 1. The second kappa shape index (κ2) is 4.67. The van der Waals surface area contributed by atoms with Crippen LogP contribution in [0.2, 0.25) is 10.0 Å². The van der Waals surface area contributed by atoms with Gasteiger partial charge in [0.05, 0.1) is 16.0 Å². The molecule has 1 aromatic rings. The fourth-order valence-electron chi connectivity index (χ4n) is 1.96. The number of halogens is 2. The van der Waals surface area contributed by atoms with E-state index in [-0.39, 0.29) is 24.2 Å². The highest BCUT2D eigenvalue weighted by molar-refractivity contribution is 6.42. The molecule has 0 N–H and O–H groups in total. The van der Waals surface area contributed by atoms with Crippen LogP contribution < -0.4 is 0 Å². The van der Waals surface area contributed by atoms with Crippen molar-refractivity contribution >= 4 is 35.0 Å². The first kappa shape index (κ1) is 12.4. The van der Waals surface area contributed by atoms with Gasteiger partial charge in [-0.15, -0.1) is 0 Å². The van der Waals surface area contributed by atoms with Crippen LogP contribution in [-0.2, 0) is 16.0 Å². The smallest absolute Gasteiger partial charge is 0.232 e. The predicted octanol–water partition coefficient (Wildman–Crippen LogP) is 2.54. The zero-order valence-corrected chi connectivity index (χ0v) is 10.8. The molecule has 17 heavy (non-hydrogen) atoms. The summed E-state index contributed by atoms with van der Waals surface area (Å²) in [5.41, 5.74) is 0.806. The Morgan fingerprint density at radius 1 is 1.35 bits per heavy atom. The van der Waals surface area contributed by atoms with Gasteiger partial charge in [-0.25, -0.2) is 0 Å². The zero-order valence-electron chi connectivity index (χ0n) is 9.24. The van der Waals surface area contributed by atoms with Crippen LogP contribution in [-0.4, -0.2) is 23.8 Å². The zero-order chi connectivity index (χ0) is 12.6. The van der Waals surface area contributed by atoms with Crippen LogP contribution in [0.5, 0.6) is 0 Å². The molecule has 1 aromatic carbocycles. The van der Waals surface area contributed by atoms with Crippen molar-refractivity contribution in [1.82, 2.24) is 4.90 Å². The van der Waals surface area contributed by atoms with E-state index >= 15 is 0 Å². The van der Waals surface area contributed by atoms with Crippen molar-refractivity contribution in [2.45, 2.75) is 12.8 Å². The van der Waals surface area contributed by atoms with Crippen molar-refractivity contribution in [3.8, 4) is 0 Å². The number of hydrogen-bond acceptors (Lipinski definition) is 2. The van der Waals surface area contributed by atoms with Crippen LogP contribution in [0.25, 0.3) is 0 Å². The number of nitrogens with zero attached hydrogens (tertiary/aromatic N) is 1. The lowest BCUT2D eigenvalue weighted by Gasteiger charge is -2.10. The Morgan fingerprint density at radius 3 is 2.65 bits per heavy atom. The molecule has 0 aromatic heterocycles. The lowest BCUT2D eigenvalue weighted by Crippen LogP contribution is -2.26. The first-order valence-electron chi connectivity index (χ1n) is 5.24. The van der Waals surface area contributed by atoms with E-state index in [9.17, 15) is 9.59 Å². The number of carbonyl (C=O) groups is 2. The maximum Gasteiger partial charge on any atom is 0.232 e. The summed E-state index contributed by atoms with van der Waals surface area (Å²) >= 11 is 11.9. The number of amides is 2. The number of hydrogen-bond donors (Lipinski definition) is 0. The maximum atomic E-state index is 11.7. The molecule has 5 heteroatoms. The van der Waals surface area contributed by atoms with Crippen molar-refractivity contribution in [3.05, 3.63) is 33.8 Å². The van der Waals surface area contributed by atoms with Crippen LogP contribution in [0, 0.1) is 5.92 Å². The normalized spacial score (nSPS) is 20.2. The lowest BCUT2D eigenvalue weighted by molar-refractivity contribution is -0.137. The summed E-state index contributed by atoms with van der Waals surface area (Å²) in [4.78, 5) is 24.3. The minimum atomic E-state index is -0.316. The molecule has 1 atom stereocenters. The molecule has 2 amide bonds. The van der Waals surface area contributed by atoms with Crippen LogP contribution in [0.15, 0.2) is 18.2 Å². The van der Waals surface area contributed by atoms with Crippen molar-refractivity contribution < 1.29 is 9.59 Å². The van der Waals surface area contributed by atoms with Gasteiger partial charge in [0.25, 0.3) is 0 Å². The molecular formula is C12H11Cl2NO2. The van der Waals surface area contributed by atoms with E-state index in [0.717, 1.165) is 5.56 Å². The van der Waals surface area contributed by atoms with E-state index in [1.807, 2.05) is 6.07 Å². The molecule has 3 nitrogen and oxygen atoms in total. The van der Waals surface area contributed by atoms with E-state index in [0.29, 0.717) is 16.5 Å². The molecule has 0 radical (unpaired) electrons. The summed E-state index contributed by atoms with van der Waals surface area (Å²) < 4.78 is 0. The Bertz CT molecular complexity index is 487. The number of imide groups is 1. The third kappa shape index (κ3) is 2.31. The van der Waals surface area contributed by atoms with Crippen molar-refractivity contribution in [2.75, 3.05) is 7.05 Å². The van der Waals surface area contributed by atoms with Crippen molar-refractivity contribution in [1.29, 1.82) is 0 Å². The van der Waals surface area contributed by atoms with Crippen molar-refractivity contribution in [3.63, 3.8) is 0 Å². The van der Waals surface area contributed by atoms with Gasteiger partial charge in [0.1, 0.15) is 0 Å². The van der Waals surface area contributed by atoms with E-state index in [2.05, 4.69) is 0 Å². The summed E-state index contributed by atoms with van der Waals surface area (Å²) in [5.74, 6) is -0.604. The Kier molecular flexibility index (Phi) is 3.40. The molecule has 1 unspecified atom stereocenters. The molecule has 1 aliphatic rings. The highest BCUT2D eigenvalue weighted by atomic mass is 35.5. The minimum absolute atomic E-state index is 0.141. The first-order chi connectivity index (χ1) is 8.00. The number of likely N-dealkylation sites (tertiary alicyclic amines) is 1. The standard InChI is InChI=1S/C12H11Cl2NO2/c1-15-10(16)6-8(12(15)17)5-7-3-2-4-9(13)11(7)14/h2-4,8H,5-6H2,1H3. The largest absolute Gasteiger partial charge is 0.285 e. The van der Waals surface area contributed by atoms with Crippen molar-refractivity contribution in [2.24, 2.45) is 5.92 Å². The minimum Gasteiger partial charge on any atom is -0.285 e. The summed E-state index contributed by atoms with van der Waals surface area (Å²) in [6, 6.07) is 5.31. The van der Waals surface area contributed by atoms with E-state index in [4.69, 9.17) is 23.2 Å². The van der Waals surface area contributed by atoms with Gasteiger partial charge in [-0.1, -0.05) is 35.3 Å². The van der Waals surface area contributed by atoms with Gasteiger partial charge >= 0.3 is 0 Å². The number of rotatable bonds is 2. The molecular weight excluding hydrogens is 261 g/mol. The Labute approximate surface area is 109 Å². The van der Waals surface area contributed by atoms with Crippen LogP contribution in [0.3, 0.4) is 0 Å². The SMILES string of the molecule is CN1C(=O)CC(Cc2cccc(Cl)c2Cl)C1=O. The maximum absolute atomic E-state index is 11.7. The van der Waals surface area contributed by atoms with Gasteiger partial charge in [0, 0.05) is 13.5 Å². The van der Waals surface area contributed by atoms with E-state index in [1.165, 1.54) is 11.9 Å². The summed E-state index contributed by atoms with van der Waals surface area (Å²) in [7, 11) is 1.50. The fraction of sp³-hybridized carbons (Fsp3) is 0.333. The number of carbonyl (C=O) groups excluding carboxylic acids is 2. The predicted molar refractivity (Wildman–Crippen MR) is 66.1 cm³/mol. The molecule has 1 saturated heterocycles. The third-order valence-corrected chi connectivity index (χ3v) is 3.83. The topological polar surface area (TPSA) is 37.4 Å². The van der Waals surface area contributed by atoms with Crippen LogP contribution in [0.1, 0.15) is 12.0 Å². The Balaban J connectivity index is 2.20. The molecule has 2 rings (SSSR count). The molecule has 0 spiro atoms. The quantitative estimate of drug-likeness (QED) is 0.776. The van der Waals surface area contributed by atoms with E-state index in [1.54, 1.807) is 12.1 Å². The van der Waals surface area contributed by atoms with Gasteiger partial charge < -0.3 is 0 Å². The van der Waals surface area contributed by atoms with Crippen LogP contribution in [0.4, 0.5) is 0 Å². The Morgan fingerprint density at radius 2 is 2.06 bits per heavy atom. The second-order valence-electron chi connectivity index (χ2n) is 4.11. The fourth-order valence-corrected chi connectivity index (χ4v) is 2.36. The average Bonchev–Trinajstić information content (AvgIpc) is 2.53. The van der Waals surface area contributed by atoms with E-state index < -0.39 is 0 Å². The molecule has 0 aliphatic carbocycles. The summed E-state index contributed by atoms with van der Waals surface area (Å²) in [6.07, 6.45) is 0.701. The second-order valence-corrected chi connectivity index (χ2v) is 4.89. The summed E-state index contributed by atoms with van der Waals surface area (Å²) in [5, 5.41) is 0.929. The van der Waals surface area contributed by atoms with Gasteiger partial charge in [0.2, 0.25) is 11.8 Å². The molecule has 90 valence electrons. The average molecular weight is 272 g/mol. The Hall–Kier alpha value is -1.06. The molecule has 1 fully saturated rings. The lowest BCUT2D eigenvalue weighted by atomic mass is 9.98. The first-order valence-corrected chi connectivity index (χ1v) is 5.99. The molecule has 0 saturated carbocycles. The highest BCUT2D eigenvalue weighted by Gasteiger charge is 2.36. The molecule has 0 bridgehead atoms. The third-order valence-electron chi connectivity index (χ3n) is 2.97. The monoisotopic (exact) mass is 271 g/mol. The van der Waals surface area contributed by atoms with Crippen LogP contribution >= 0.6 is 23.2 Å². The summed E-state index contributed by atoms with van der Waals surface area (Å²) in [6.45, 7) is 0. The van der Waals surface area contributed by atoms with Gasteiger partial charge in [0.15, 0.2) is 0 Å².